The van der Waals surface area contributed by atoms with Crippen LogP contribution in [0.2, 0.25) is 0 Å². The van der Waals surface area contributed by atoms with Crippen LogP contribution in [0.5, 0.6) is 0 Å². The van der Waals surface area contributed by atoms with Crippen LogP contribution in [0.4, 0.5) is 0 Å². The van der Waals surface area contributed by atoms with E-state index in [1.807, 2.05) is 30.4 Å². The largest absolute Gasteiger partial charge is 0.364 e. The third-order valence-corrected chi connectivity index (χ3v) is 5.62. The quantitative estimate of drug-likeness (QED) is 0.690. The fourth-order valence-electron chi connectivity index (χ4n) is 4.08. The first-order chi connectivity index (χ1) is 15.0. The van der Waals surface area contributed by atoms with Crippen molar-refractivity contribution in [1.82, 2.24) is 15.2 Å². The van der Waals surface area contributed by atoms with Crippen molar-refractivity contribution in [1.29, 1.82) is 0 Å². The van der Waals surface area contributed by atoms with Gasteiger partial charge in [-0.25, -0.2) is 0 Å². The first-order valence-electron chi connectivity index (χ1n) is 10.1. The maximum atomic E-state index is 12.9. The zero-order chi connectivity index (χ0) is 22.0. The molecule has 3 heterocycles. The van der Waals surface area contributed by atoms with Crippen molar-refractivity contribution in [3.05, 3.63) is 70.6 Å². The van der Waals surface area contributed by atoms with Crippen LogP contribution in [0.3, 0.4) is 0 Å². The lowest BCUT2D eigenvalue weighted by Crippen LogP contribution is -2.52. The number of nitrogens with one attached hydrogen (secondary N) is 1. The highest BCUT2D eigenvalue weighted by atomic mass is 16.2. The van der Waals surface area contributed by atoms with Crippen LogP contribution < -0.4 is 11.1 Å². The molecule has 0 aliphatic carbocycles. The number of benzene rings is 1. The van der Waals surface area contributed by atoms with Crippen LogP contribution >= 0.6 is 0 Å². The summed E-state index contributed by atoms with van der Waals surface area (Å²) in [4.78, 5) is 53.6. The predicted octanol–water partition coefficient (Wildman–Crippen LogP) is 1.59. The molecular formula is C23H22N4O4. The average Bonchev–Trinajstić information content (AvgIpc) is 3.08. The van der Waals surface area contributed by atoms with Crippen LogP contribution in [-0.4, -0.2) is 39.6 Å². The van der Waals surface area contributed by atoms with Gasteiger partial charge in [-0.15, -0.1) is 0 Å². The molecule has 8 nitrogen and oxygen atoms in total. The molecule has 2 aliphatic heterocycles. The summed E-state index contributed by atoms with van der Waals surface area (Å²) in [5.41, 5.74) is 8.79. The second-order valence-corrected chi connectivity index (χ2v) is 7.59. The summed E-state index contributed by atoms with van der Waals surface area (Å²) < 4.78 is 0. The van der Waals surface area contributed by atoms with Gasteiger partial charge < -0.3 is 10.6 Å². The number of pyridine rings is 1. The molecule has 3 N–H and O–H groups in total. The third kappa shape index (κ3) is 4.09. The summed E-state index contributed by atoms with van der Waals surface area (Å²) in [6.45, 7) is 0.329. The Labute approximate surface area is 179 Å². The minimum absolute atomic E-state index is 0.193. The molecule has 158 valence electrons. The highest BCUT2D eigenvalue weighted by Gasteiger charge is 2.39. The molecule has 31 heavy (non-hydrogen) atoms. The summed E-state index contributed by atoms with van der Waals surface area (Å²) in [7, 11) is 0. The van der Waals surface area contributed by atoms with Crippen LogP contribution in [0.25, 0.3) is 6.08 Å². The van der Waals surface area contributed by atoms with E-state index in [2.05, 4.69) is 10.3 Å². The third-order valence-electron chi connectivity index (χ3n) is 5.62. The molecule has 4 amide bonds. The van der Waals surface area contributed by atoms with Crippen LogP contribution in [-0.2, 0) is 22.6 Å². The van der Waals surface area contributed by atoms with E-state index in [0.717, 1.165) is 16.7 Å². The molecule has 2 aromatic rings. The van der Waals surface area contributed by atoms with E-state index in [1.54, 1.807) is 17.0 Å². The van der Waals surface area contributed by atoms with E-state index < -0.39 is 17.9 Å². The molecule has 1 aromatic carbocycles. The number of allylic oxidation sites excluding steroid dienone is 1. The Balaban J connectivity index is 1.47. The molecular weight excluding hydrogens is 396 g/mol. The Bertz CT molecular complexity index is 1110. The number of imide groups is 1. The highest BCUT2D eigenvalue weighted by Crippen LogP contribution is 2.30. The number of hydrogen-bond donors (Lipinski definition) is 2. The number of nitrogens with zero attached hydrogens (tertiary/aromatic N) is 2. The molecule has 0 spiro atoms. The number of fused-ring (bicyclic) bond motifs is 1. The summed E-state index contributed by atoms with van der Waals surface area (Å²) in [5, 5.41) is 2.31. The van der Waals surface area contributed by atoms with E-state index in [1.165, 1.54) is 6.20 Å². The van der Waals surface area contributed by atoms with Gasteiger partial charge in [0.05, 0.1) is 0 Å². The molecule has 0 radical (unpaired) electrons. The van der Waals surface area contributed by atoms with E-state index in [-0.39, 0.29) is 23.9 Å². The minimum Gasteiger partial charge on any atom is -0.364 e. The number of aromatic nitrogens is 1. The predicted molar refractivity (Wildman–Crippen MR) is 113 cm³/mol. The highest BCUT2D eigenvalue weighted by molar-refractivity contribution is 6.05. The van der Waals surface area contributed by atoms with Crippen molar-refractivity contribution in [2.24, 2.45) is 5.73 Å². The fourth-order valence-corrected chi connectivity index (χ4v) is 4.08. The monoisotopic (exact) mass is 418 g/mol. The number of primary amides is 1. The van der Waals surface area contributed by atoms with Crippen molar-refractivity contribution in [3.8, 4) is 0 Å². The Morgan fingerprint density at radius 3 is 2.84 bits per heavy atom. The van der Waals surface area contributed by atoms with Crippen molar-refractivity contribution in [3.63, 3.8) is 0 Å². The lowest BCUT2D eigenvalue weighted by molar-refractivity contribution is -0.136. The molecule has 2 aliphatic rings. The van der Waals surface area contributed by atoms with Gasteiger partial charge in [-0.05, 0) is 48.1 Å². The minimum atomic E-state index is -0.632. The molecule has 0 saturated carbocycles. The normalized spacial score (nSPS) is 18.4. The topological polar surface area (TPSA) is 122 Å². The molecule has 1 fully saturated rings. The number of nitrogens with two attached hydrogens (primary N) is 1. The molecule has 1 aromatic heterocycles. The maximum absolute atomic E-state index is 12.9. The van der Waals surface area contributed by atoms with E-state index >= 15 is 0 Å². The number of piperidine rings is 1. The van der Waals surface area contributed by atoms with E-state index in [4.69, 9.17) is 5.73 Å². The van der Waals surface area contributed by atoms with Gasteiger partial charge in [-0.1, -0.05) is 30.4 Å². The zero-order valence-electron chi connectivity index (χ0n) is 16.8. The first-order valence-corrected chi connectivity index (χ1v) is 10.1. The second kappa shape index (κ2) is 8.51. The lowest BCUT2D eigenvalue weighted by atomic mass is 10.0. The maximum Gasteiger partial charge on any atom is 0.267 e. The van der Waals surface area contributed by atoms with Gasteiger partial charge in [0.25, 0.3) is 11.8 Å². The van der Waals surface area contributed by atoms with E-state index in [0.29, 0.717) is 31.4 Å². The molecule has 8 heteroatoms. The molecule has 1 atom stereocenters. The zero-order valence-corrected chi connectivity index (χ0v) is 16.8. The van der Waals surface area contributed by atoms with Crippen LogP contribution in [0.15, 0.2) is 42.6 Å². The summed E-state index contributed by atoms with van der Waals surface area (Å²) in [6.07, 6.45) is 7.30. The Morgan fingerprint density at radius 1 is 1.23 bits per heavy atom. The Hall–Kier alpha value is -3.81. The van der Waals surface area contributed by atoms with Gasteiger partial charge in [-0.3, -0.25) is 29.5 Å². The van der Waals surface area contributed by atoms with Gasteiger partial charge >= 0.3 is 0 Å². The first kappa shape index (κ1) is 20.5. The van der Waals surface area contributed by atoms with E-state index in [9.17, 15) is 19.2 Å². The number of hydrogen-bond acceptors (Lipinski definition) is 5. The summed E-state index contributed by atoms with van der Waals surface area (Å²) in [6, 6.07) is 8.47. The van der Waals surface area contributed by atoms with Crippen molar-refractivity contribution >= 4 is 29.7 Å². The van der Waals surface area contributed by atoms with Crippen molar-refractivity contribution in [2.45, 2.75) is 38.3 Å². The molecule has 4 rings (SSSR count). The Kier molecular flexibility index (Phi) is 5.62. The summed E-state index contributed by atoms with van der Waals surface area (Å²) >= 11 is 0. The summed E-state index contributed by atoms with van der Waals surface area (Å²) in [5.74, 6) is -1.47. The SMILES string of the molecule is NC(=O)c1ncccc1CCC=Cc1cccc2c1CN(C1CCC(=O)NC1=O)C2=O. The van der Waals surface area contributed by atoms with Gasteiger partial charge in [-0.2, -0.15) is 0 Å². The van der Waals surface area contributed by atoms with Crippen LogP contribution in [0, 0.1) is 0 Å². The van der Waals surface area contributed by atoms with Gasteiger partial charge in [0.1, 0.15) is 11.7 Å². The smallest absolute Gasteiger partial charge is 0.267 e. The van der Waals surface area contributed by atoms with Gasteiger partial charge in [0, 0.05) is 24.7 Å². The van der Waals surface area contributed by atoms with Crippen molar-refractivity contribution in [2.75, 3.05) is 0 Å². The number of rotatable bonds is 6. The Morgan fingerprint density at radius 2 is 2.06 bits per heavy atom. The number of amides is 4. The number of carbonyl (C=O) groups is 4. The van der Waals surface area contributed by atoms with Gasteiger partial charge in [0.2, 0.25) is 11.8 Å². The van der Waals surface area contributed by atoms with Gasteiger partial charge in [0.15, 0.2) is 0 Å². The molecule has 0 bridgehead atoms. The van der Waals surface area contributed by atoms with Crippen molar-refractivity contribution < 1.29 is 19.2 Å². The average molecular weight is 418 g/mol. The molecule has 1 saturated heterocycles. The second-order valence-electron chi connectivity index (χ2n) is 7.59. The van der Waals surface area contributed by atoms with Crippen LogP contribution in [0.1, 0.15) is 56.8 Å². The number of carbonyl (C=O) groups excluding carboxylic acids is 4. The molecule has 1 unspecified atom stereocenters. The number of aryl methyl sites for hydroxylation is 1. The fraction of sp³-hybridized carbons (Fsp3) is 0.261. The lowest BCUT2D eigenvalue weighted by Gasteiger charge is -2.29. The standard InChI is InChI=1S/C23H22N4O4/c24-21(29)20-15(8-4-12-25-20)6-2-1-5-14-7-3-9-16-17(14)13-27(23(16)31)18-10-11-19(28)26-22(18)30/h1,3-5,7-9,12,18H,2,6,10-11,13H2,(H2,24,29)(H,26,28,30).